The first-order valence-corrected chi connectivity index (χ1v) is 6.34. The molecule has 1 aliphatic heterocycles. The highest BCUT2D eigenvalue weighted by Crippen LogP contribution is 2.34. The van der Waals surface area contributed by atoms with Crippen LogP contribution in [0, 0.1) is 11.8 Å². The molecule has 0 spiro atoms. The molecule has 1 heterocycles. The zero-order chi connectivity index (χ0) is 9.80. The molecule has 1 saturated heterocycles. The standard InChI is InChI=1S/C12H24N2/c1-2-3-11-8-12(11)14-9-10-4-6-13-7-5-10/h10-14H,2-9H2,1H3. The summed E-state index contributed by atoms with van der Waals surface area (Å²) in [6, 6.07) is 0.879. The monoisotopic (exact) mass is 196 g/mol. The first-order chi connectivity index (χ1) is 6.90. The SMILES string of the molecule is CCCC1CC1NCC1CCNCC1. The van der Waals surface area contributed by atoms with Crippen LogP contribution in [0.2, 0.25) is 0 Å². The van der Waals surface area contributed by atoms with Crippen molar-refractivity contribution in [3.05, 3.63) is 0 Å². The van der Waals surface area contributed by atoms with Gasteiger partial charge in [0.25, 0.3) is 0 Å². The molecule has 0 aromatic carbocycles. The van der Waals surface area contributed by atoms with Gasteiger partial charge >= 0.3 is 0 Å². The van der Waals surface area contributed by atoms with Crippen molar-refractivity contribution < 1.29 is 0 Å². The third kappa shape index (κ3) is 2.96. The highest BCUT2D eigenvalue weighted by atomic mass is 15.0. The molecule has 2 aliphatic rings. The van der Waals surface area contributed by atoms with Gasteiger partial charge in [-0.1, -0.05) is 13.3 Å². The highest BCUT2D eigenvalue weighted by Gasteiger charge is 2.35. The molecule has 2 rings (SSSR count). The molecule has 0 amide bonds. The van der Waals surface area contributed by atoms with Gasteiger partial charge in [-0.15, -0.1) is 0 Å². The molecule has 82 valence electrons. The van der Waals surface area contributed by atoms with Crippen LogP contribution in [0.25, 0.3) is 0 Å². The lowest BCUT2D eigenvalue weighted by Gasteiger charge is -2.22. The number of piperidine rings is 1. The number of nitrogens with one attached hydrogen (secondary N) is 2. The van der Waals surface area contributed by atoms with Crippen LogP contribution in [-0.4, -0.2) is 25.7 Å². The zero-order valence-electron chi connectivity index (χ0n) is 9.39. The Kier molecular flexibility index (Phi) is 3.82. The first-order valence-electron chi connectivity index (χ1n) is 6.34. The molecule has 1 aliphatic carbocycles. The lowest BCUT2D eigenvalue weighted by atomic mass is 9.98. The summed E-state index contributed by atoms with van der Waals surface area (Å²) in [5.41, 5.74) is 0. The molecule has 2 fully saturated rings. The van der Waals surface area contributed by atoms with Gasteiger partial charge in [-0.25, -0.2) is 0 Å². The van der Waals surface area contributed by atoms with Crippen LogP contribution < -0.4 is 10.6 Å². The fraction of sp³-hybridized carbons (Fsp3) is 1.00. The van der Waals surface area contributed by atoms with Crippen molar-refractivity contribution in [3.8, 4) is 0 Å². The maximum absolute atomic E-state index is 3.73. The Morgan fingerprint density at radius 1 is 1.29 bits per heavy atom. The van der Waals surface area contributed by atoms with Crippen molar-refractivity contribution in [2.45, 2.75) is 45.1 Å². The molecular formula is C12H24N2. The number of hydrogen-bond acceptors (Lipinski definition) is 2. The van der Waals surface area contributed by atoms with Crippen molar-refractivity contribution in [1.29, 1.82) is 0 Å². The summed E-state index contributed by atoms with van der Waals surface area (Å²) >= 11 is 0. The predicted octanol–water partition coefficient (Wildman–Crippen LogP) is 1.76. The Bertz CT molecular complexity index is 164. The van der Waals surface area contributed by atoms with Gasteiger partial charge in [-0.2, -0.15) is 0 Å². The van der Waals surface area contributed by atoms with E-state index in [0.29, 0.717) is 0 Å². The average molecular weight is 196 g/mol. The van der Waals surface area contributed by atoms with Crippen LogP contribution in [0.15, 0.2) is 0 Å². The molecule has 0 aromatic rings. The lowest BCUT2D eigenvalue weighted by Crippen LogP contribution is -2.34. The highest BCUT2D eigenvalue weighted by molar-refractivity contribution is 4.93. The summed E-state index contributed by atoms with van der Waals surface area (Å²) in [6.07, 6.45) is 6.98. The second kappa shape index (κ2) is 5.13. The van der Waals surface area contributed by atoms with Crippen LogP contribution in [0.3, 0.4) is 0 Å². The molecule has 2 unspecified atom stereocenters. The molecule has 2 atom stereocenters. The zero-order valence-corrected chi connectivity index (χ0v) is 9.39. The van der Waals surface area contributed by atoms with Gasteiger partial charge in [0.2, 0.25) is 0 Å². The molecular weight excluding hydrogens is 172 g/mol. The predicted molar refractivity (Wildman–Crippen MR) is 60.4 cm³/mol. The van der Waals surface area contributed by atoms with Crippen LogP contribution in [-0.2, 0) is 0 Å². The molecule has 2 nitrogen and oxygen atoms in total. The smallest absolute Gasteiger partial charge is 0.00992 e. The van der Waals surface area contributed by atoms with E-state index in [1.165, 1.54) is 51.7 Å². The van der Waals surface area contributed by atoms with E-state index in [1.54, 1.807) is 0 Å². The van der Waals surface area contributed by atoms with Gasteiger partial charge < -0.3 is 10.6 Å². The minimum atomic E-state index is 0.879. The van der Waals surface area contributed by atoms with E-state index in [9.17, 15) is 0 Å². The number of hydrogen-bond donors (Lipinski definition) is 2. The van der Waals surface area contributed by atoms with E-state index in [-0.39, 0.29) is 0 Å². The molecule has 0 bridgehead atoms. The fourth-order valence-electron chi connectivity index (χ4n) is 2.59. The van der Waals surface area contributed by atoms with Crippen LogP contribution in [0.4, 0.5) is 0 Å². The van der Waals surface area contributed by atoms with Gasteiger partial charge in [-0.3, -0.25) is 0 Å². The summed E-state index contributed by atoms with van der Waals surface area (Å²) in [5, 5.41) is 7.15. The summed E-state index contributed by atoms with van der Waals surface area (Å²) < 4.78 is 0. The van der Waals surface area contributed by atoms with Crippen molar-refractivity contribution >= 4 is 0 Å². The first kappa shape index (κ1) is 10.4. The van der Waals surface area contributed by atoms with Crippen LogP contribution >= 0.6 is 0 Å². The van der Waals surface area contributed by atoms with Crippen LogP contribution in [0.1, 0.15) is 39.0 Å². The Hall–Kier alpha value is -0.0800. The Morgan fingerprint density at radius 2 is 2.07 bits per heavy atom. The van der Waals surface area contributed by atoms with Gasteiger partial charge in [0, 0.05) is 6.04 Å². The Labute approximate surface area is 87.8 Å². The molecule has 0 aromatic heterocycles. The summed E-state index contributed by atoms with van der Waals surface area (Å²) in [7, 11) is 0. The van der Waals surface area contributed by atoms with E-state index in [2.05, 4.69) is 17.6 Å². The van der Waals surface area contributed by atoms with Crippen molar-refractivity contribution in [2.24, 2.45) is 11.8 Å². The van der Waals surface area contributed by atoms with Gasteiger partial charge in [-0.05, 0) is 57.2 Å². The topological polar surface area (TPSA) is 24.1 Å². The van der Waals surface area contributed by atoms with Crippen molar-refractivity contribution in [2.75, 3.05) is 19.6 Å². The van der Waals surface area contributed by atoms with E-state index in [0.717, 1.165) is 17.9 Å². The summed E-state index contributed by atoms with van der Waals surface area (Å²) in [5.74, 6) is 1.96. The molecule has 2 heteroatoms. The van der Waals surface area contributed by atoms with E-state index in [1.807, 2.05) is 0 Å². The third-order valence-corrected chi connectivity index (χ3v) is 3.71. The van der Waals surface area contributed by atoms with E-state index in [4.69, 9.17) is 0 Å². The van der Waals surface area contributed by atoms with Gasteiger partial charge in [0.15, 0.2) is 0 Å². The van der Waals surface area contributed by atoms with Crippen molar-refractivity contribution in [1.82, 2.24) is 10.6 Å². The minimum Gasteiger partial charge on any atom is -0.317 e. The Balaban J connectivity index is 1.54. The largest absolute Gasteiger partial charge is 0.317 e. The normalized spacial score (nSPS) is 33.2. The third-order valence-electron chi connectivity index (χ3n) is 3.71. The lowest BCUT2D eigenvalue weighted by molar-refractivity contribution is 0.353. The maximum Gasteiger partial charge on any atom is 0.00992 e. The van der Waals surface area contributed by atoms with Gasteiger partial charge in [0.1, 0.15) is 0 Å². The second-order valence-corrected chi connectivity index (χ2v) is 4.99. The quantitative estimate of drug-likeness (QED) is 0.700. The molecule has 1 saturated carbocycles. The second-order valence-electron chi connectivity index (χ2n) is 4.99. The average Bonchev–Trinajstić information content (AvgIpc) is 2.96. The maximum atomic E-state index is 3.73. The van der Waals surface area contributed by atoms with E-state index < -0.39 is 0 Å². The van der Waals surface area contributed by atoms with Crippen LogP contribution in [0.5, 0.6) is 0 Å². The van der Waals surface area contributed by atoms with Gasteiger partial charge in [0.05, 0.1) is 0 Å². The minimum absolute atomic E-state index is 0.879. The summed E-state index contributed by atoms with van der Waals surface area (Å²) in [6.45, 7) is 6.03. The summed E-state index contributed by atoms with van der Waals surface area (Å²) in [4.78, 5) is 0. The molecule has 14 heavy (non-hydrogen) atoms. The number of rotatable bonds is 5. The molecule has 0 radical (unpaired) electrons. The van der Waals surface area contributed by atoms with E-state index >= 15 is 0 Å². The fourth-order valence-corrected chi connectivity index (χ4v) is 2.59. The van der Waals surface area contributed by atoms with Crippen molar-refractivity contribution in [3.63, 3.8) is 0 Å². The molecule has 2 N–H and O–H groups in total. The Morgan fingerprint density at radius 3 is 2.79 bits per heavy atom.